The third-order valence-corrected chi connectivity index (χ3v) is 3.10. The highest BCUT2D eigenvalue weighted by Crippen LogP contribution is 2.26. The SMILES string of the molecule is CCC(C(=O)O)C(=O)c1cc(C)c(C)cc1OC. The largest absolute Gasteiger partial charge is 0.496 e. The van der Waals surface area contributed by atoms with E-state index in [1.165, 1.54) is 7.11 Å². The zero-order valence-electron chi connectivity index (χ0n) is 11.1. The molecule has 0 heterocycles. The van der Waals surface area contributed by atoms with Crippen molar-refractivity contribution < 1.29 is 19.4 Å². The maximum absolute atomic E-state index is 12.2. The summed E-state index contributed by atoms with van der Waals surface area (Å²) >= 11 is 0. The zero-order valence-corrected chi connectivity index (χ0v) is 11.1. The molecule has 0 saturated heterocycles. The molecule has 4 heteroatoms. The van der Waals surface area contributed by atoms with Crippen LogP contribution in [0.1, 0.15) is 34.8 Å². The average Bonchev–Trinajstić information content (AvgIpc) is 2.32. The number of carboxylic acids is 1. The van der Waals surface area contributed by atoms with Crippen LogP contribution in [0.2, 0.25) is 0 Å². The van der Waals surface area contributed by atoms with Crippen LogP contribution in [0.3, 0.4) is 0 Å². The molecule has 0 fully saturated rings. The summed E-state index contributed by atoms with van der Waals surface area (Å²) in [4.78, 5) is 23.2. The fourth-order valence-corrected chi connectivity index (χ4v) is 1.81. The van der Waals surface area contributed by atoms with Gasteiger partial charge in [-0.2, -0.15) is 0 Å². The molecule has 0 amide bonds. The van der Waals surface area contributed by atoms with Crippen molar-refractivity contribution >= 4 is 11.8 Å². The number of hydrogen-bond donors (Lipinski definition) is 1. The Balaban J connectivity index is 3.27. The Hall–Kier alpha value is -1.84. The van der Waals surface area contributed by atoms with Crippen LogP contribution in [-0.4, -0.2) is 24.0 Å². The monoisotopic (exact) mass is 250 g/mol. The van der Waals surface area contributed by atoms with Gasteiger partial charge in [0.15, 0.2) is 5.78 Å². The Morgan fingerprint density at radius 3 is 2.28 bits per heavy atom. The first-order valence-electron chi connectivity index (χ1n) is 5.84. The molecule has 4 nitrogen and oxygen atoms in total. The van der Waals surface area contributed by atoms with E-state index in [-0.39, 0.29) is 6.42 Å². The number of carboxylic acid groups (broad SMARTS) is 1. The van der Waals surface area contributed by atoms with Crippen LogP contribution in [0.5, 0.6) is 5.75 Å². The number of carbonyl (C=O) groups is 2. The quantitative estimate of drug-likeness (QED) is 0.644. The number of ketones is 1. The third kappa shape index (κ3) is 2.70. The highest BCUT2D eigenvalue weighted by Gasteiger charge is 2.27. The van der Waals surface area contributed by atoms with Gasteiger partial charge in [-0.05, 0) is 43.5 Å². The fraction of sp³-hybridized carbons (Fsp3) is 0.429. The lowest BCUT2D eigenvalue weighted by Crippen LogP contribution is -2.23. The highest BCUT2D eigenvalue weighted by atomic mass is 16.5. The minimum absolute atomic E-state index is 0.268. The van der Waals surface area contributed by atoms with Crippen molar-refractivity contribution in [2.75, 3.05) is 7.11 Å². The van der Waals surface area contributed by atoms with E-state index in [0.29, 0.717) is 11.3 Å². The zero-order chi connectivity index (χ0) is 13.9. The molecular formula is C14H18O4. The first-order chi connectivity index (χ1) is 8.42. The lowest BCUT2D eigenvalue weighted by Gasteiger charge is -2.14. The molecule has 0 saturated carbocycles. The molecular weight excluding hydrogens is 232 g/mol. The minimum Gasteiger partial charge on any atom is -0.496 e. The topological polar surface area (TPSA) is 63.6 Å². The predicted octanol–water partition coefficient (Wildman–Crippen LogP) is 2.61. The molecule has 98 valence electrons. The van der Waals surface area contributed by atoms with Crippen molar-refractivity contribution in [3.05, 3.63) is 28.8 Å². The fourth-order valence-electron chi connectivity index (χ4n) is 1.81. The van der Waals surface area contributed by atoms with Gasteiger partial charge in [-0.15, -0.1) is 0 Å². The summed E-state index contributed by atoms with van der Waals surface area (Å²) in [6, 6.07) is 3.46. The average molecular weight is 250 g/mol. The molecule has 0 radical (unpaired) electrons. The minimum atomic E-state index is -1.09. The van der Waals surface area contributed by atoms with Gasteiger partial charge in [-0.25, -0.2) is 0 Å². The third-order valence-electron chi connectivity index (χ3n) is 3.10. The number of aryl methyl sites for hydroxylation is 2. The van der Waals surface area contributed by atoms with E-state index in [1.807, 2.05) is 13.8 Å². The standard InChI is InChI=1S/C14H18O4/c1-5-10(14(16)17)13(15)11-6-8(2)9(3)7-12(11)18-4/h6-7,10H,5H2,1-4H3,(H,16,17). The van der Waals surface area contributed by atoms with Gasteiger partial charge in [-0.1, -0.05) is 6.92 Å². The summed E-state index contributed by atoms with van der Waals surface area (Å²) in [5, 5.41) is 9.03. The van der Waals surface area contributed by atoms with Crippen LogP contribution in [0, 0.1) is 19.8 Å². The predicted molar refractivity (Wildman–Crippen MR) is 68.2 cm³/mol. The molecule has 18 heavy (non-hydrogen) atoms. The molecule has 0 spiro atoms. The number of aliphatic carboxylic acids is 1. The lowest BCUT2D eigenvalue weighted by atomic mass is 9.92. The number of hydrogen-bond acceptors (Lipinski definition) is 3. The molecule has 1 N–H and O–H groups in total. The molecule has 1 aromatic rings. The molecule has 0 aliphatic carbocycles. The van der Waals surface area contributed by atoms with E-state index in [1.54, 1.807) is 19.1 Å². The van der Waals surface area contributed by atoms with Crippen molar-refractivity contribution in [3.63, 3.8) is 0 Å². The Bertz CT molecular complexity index is 477. The summed E-state index contributed by atoms with van der Waals surface area (Å²) in [7, 11) is 1.47. The highest BCUT2D eigenvalue weighted by molar-refractivity contribution is 6.09. The van der Waals surface area contributed by atoms with E-state index in [2.05, 4.69) is 0 Å². The van der Waals surface area contributed by atoms with Gasteiger partial charge < -0.3 is 9.84 Å². The van der Waals surface area contributed by atoms with Crippen molar-refractivity contribution in [2.45, 2.75) is 27.2 Å². The summed E-state index contributed by atoms with van der Waals surface area (Å²) in [5.74, 6) is -2.07. The molecule has 1 rings (SSSR count). The first-order valence-corrected chi connectivity index (χ1v) is 5.84. The summed E-state index contributed by atoms with van der Waals surface area (Å²) in [6.07, 6.45) is 0.268. The van der Waals surface area contributed by atoms with Gasteiger partial charge in [0.1, 0.15) is 11.7 Å². The Morgan fingerprint density at radius 1 is 1.28 bits per heavy atom. The van der Waals surface area contributed by atoms with E-state index >= 15 is 0 Å². The van der Waals surface area contributed by atoms with E-state index in [9.17, 15) is 9.59 Å². The van der Waals surface area contributed by atoms with Crippen molar-refractivity contribution in [1.82, 2.24) is 0 Å². The van der Waals surface area contributed by atoms with E-state index in [4.69, 9.17) is 9.84 Å². The van der Waals surface area contributed by atoms with E-state index in [0.717, 1.165) is 11.1 Å². The molecule has 1 atom stereocenters. The second kappa shape index (κ2) is 5.67. The van der Waals surface area contributed by atoms with Crippen molar-refractivity contribution in [2.24, 2.45) is 5.92 Å². The van der Waals surface area contributed by atoms with Crippen LogP contribution < -0.4 is 4.74 Å². The Kier molecular flexibility index (Phi) is 4.48. The normalized spacial score (nSPS) is 12.0. The summed E-state index contributed by atoms with van der Waals surface area (Å²) < 4.78 is 5.16. The van der Waals surface area contributed by atoms with E-state index < -0.39 is 17.7 Å². The van der Waals surface area contributed by atoms with Gasteiger partial charge >= 0.3 is 5.97 Å². The molecule has 0 bridgehead atoms. The summed E-state index contributed by atoms with van der Waals surface area (Å²) in [5.41, 5.74) is 2.29. The molecule has 1 aromatic carbocycles. The Labute approximate surface area is 107 Å². The molecule has 0 aliphatic rings. The van der Waals surface area contributed by atoms with Crippen molar-refractivity contribution in [1.29, 1.82) is 0 Å². The number of methoxy groups -OCH3 is 1. The molecule has 0 aromatic heterocycles. The van der Waals surface area contributed by atoms with Gasteiger partial charge in [0.25, 0.3) is 0 Å². The Morgan fingerprint density at radius 2 is 1.83 bits per heavy atom. The van der Waals surface area contributed by atoms with Crippen LogP contribution in [0.25, 0.3) is 0 Å². The number of carbonyl (C=O) groups excluding carboxylic acids is 1. The van der Waals surface area contributed by atoms with Gasteiger partial charge in [-0.3, -0.25) is 9.59 Å². The summed E-state index contributed by atoms with van der Waals surface area (Å²) in [6.45, 7) is 5.48. The van der Waals surface area contributed by atoms with Crippen LogP contribution in [0.15, 0.2) is 12.1 Å². The second-order valence-electron chi connectivity index (χ2n) is 4.30. The number of rotatable bonds is 5. The smallest absolute Gasteiger partial charge is 0.314 e. The maximum atomic E-state index is 12.2. The number of benzene rings is 1. The second-order valence-corrected chi connectivity index (χ2v) is 4.30. The van der Waals surface area contributed by atoms with Gasteiger partial charge in [0.05, 0.1) is 12.7 Å². The maximum Gasteiger partial charge on any atom is 0.314 e. The number of Topliss-reactive ketones (excluding diaryl/α,β-unsaturated/α-hetero) is 1. The number of ether oxygens (including phenoxy) is 1. The van der Waals surface area contributed by atoms with Crippen molar-refractivity contribution in [3.8, 4) is 5.75 Å². The molecule has 1 unspecified atom stereocenters. The molecule has 0 aliphatic heterocycles. The lowest BCUT2D eigenvalue weighted by molar-refractivity contribution is -0.140. The first kappa shape index (κ1) is 14.2. The van der Waals surface area contributed by atoms with Gasteiger partial charge in [0.2, 0.25) is 0 Å². The van der Waals surface area contributed by atoms with Crippen LogP contribution in [0.4, 0.5) is 0 Å². The van der Waals surface area contributed by atoms with Gasteiger partial charge in [0, 0.05) is 0 Å². The van der Waals surface area contributed by atoms with Crippen LogP contribution in [-0.2, 0) is 4.79 Å². The van der Waals surface area contributed by atoms with Crippen LogP contribution >= 0.6 is 0 Å².